The lowest BCUT2D eigenvalue weighted by Gasteiger charge is -2.36. The standard InChI is InChI=1S/C10H19NO3/c1-10(13)5-3-6-11(8-10)9(12)4-7-14-2/h13H,3-8H2,1-2H3. The number of carbonyl (C=O) groups is 1. The summed E-state index contributed by atoms with van der Waals surface area (Å²) in [6.07, 6.45) is 2.07. The summed E-state index contributed by atoms with van der Waals surface area (Å²) in [4.78, 5) is 13.3. The lowest BCUT2D eigenvalue weighted by atomic mass is 9.95. The molecule has 1 unspecified atom stereocenters. The van der Waals surface area contributed by atoms with Crippen LogP contribution in [0, 0.1) is 0 Å². The number of methoxy groups -OCH3 is 1. The minimum atomic E-state index is -0.707. The van der Waals surface area contributed by atoms with E-state index in [1.54, 1.807) is 18.9 Å². The predicted octanol–water partition coefficient (Wildman–Crippen LogP) is 0.396. The molecule has 4 heteroatoms. The lowest BCUT2D eigenvalue weighted by Crippen LogP contribution is -2.48. The van der Waals surface area contributed by atoms with Crippen LogP contribution in [0.1, 0.15) is 26.2 Å². The zero-order valence-corrected chi connectivity index (χ0v) is 8.95. The molecule has 0 bridgehead atoms. The van der Waals surface area contributed by atoms with Crippen LogP contribution in [-0.4, -0.2) is 48.3 Å². The molecule has 0 aromatic carbocycles. The van der Waals surface area contributed by atoms with E-state index in [0.29, 0.717) is 19.6 Å². The highest BCUT2D eigenvalue weighted by Crippen LogP contribution is 2.20. The van der Waals surface area contributed by atoms with Crippen molar-refractivity contribution in [2.45, 2.75) is 31.8 Å². The van der Waals surface area contributed by atoms with Crippen molar-refractivity contribution in [1.82, 2.24) is 4.90 Å². The summed E-state index contributed by atoms with van der Waals surface area (Å²) in [6.45, 7) is 3.45. The SMILES string of the molecule is COCCC(=O)N1CCCC(C)(O)C1. The fraction of sp³-hybridized carbons (Fsp3) is 0.900. The number of β-amino-alcohol motifs (C(OH)–C–C–N with tert-alkyl or cyclic N) is 1. The van der Waals surface area contributed by atoms with Gasteiger partial charge in [0.2, 0.25) is 5.91 Å². The van der Waals surface area contributed by atoms with Crippen molar-refractivity contribution < 1.29 is 14.6 Å². The van der Waals surface area contributed by atoms with Gasteiger partial charge < -0.3 is 14.7 Å². The van der Waals surface area contributed by atoms with Gasteiger partial charge in [-0.25, -0.2) is 0 Å². The molecule has 14 heavy (non-hydrogen) atoms. The van der Waals surface area contributed by atoms with E-state index in [1.807, 2.05) is 0 Å². The Balaban J connectivity index is 2.40. The lowest BCUT2D eigenvalue weighted by molar-refractivity contribution is -0.138. The van der Waals surface area contributed by atoms with E-state index in [0.717, 1.165) is 19.4 Å². The number of piperidine rings is 1. The molecule has 82 valence electrons. The third-order valence-electron chi connectivity index (χ3n) is 2.55. The molecule has 4 nitrogen and oxygen atoms in total. The van der Waals surface area contributed by atoms with E-state index in [4.69, 9.17) is 4.74 Å². The first-order chi connectivity index (χ1) is 6.55. The van der Waals surface area contributed by atoms with Crippen molar-refractivity contribution in [2.75, 3.05) is 26.8 Å². The molecule has 0 aliphatic carbocycles. The Bertz CT molecular complexity index is 204. The van der Waals surface area contributed by atoms with Crippen LogP contribution in [0.4, 0.5) is 0 Å². The molecule has 0 aromatic heterocycles. The Morgan fingerprint density at radius 3 is 2.93 bits per heavy atom. The summed E-state index contributed by atoms with van der Waals surface area (Å²) in [5.41, 5.74) is -0.707. The highest BCUT2D eigenvalue weighted by Gasteiger charge is 2.30. The molecule has 1 rings (SSSR count). The number of likely N-dealkylation sites (tertiary alicyclic amines) is 1. The van der Waals surface area contributed by atoms with Crippen molar-refractivity contribution in [3.05, 3.63) is 0 Å². The van der Waals surface area contributed by atoms with Crippen molar-refractivity contribution in [2.24, 2.45) is 0 Å². The highest BCUT2D eigenvalue weighted by atomic mass is 16.5. The number of hydrogen-bond donors (Lipinski definition) is 1. The Kier molecular flexibility index (Phi) is 3.89. The Morgan fingerprint density at radius 1 is 1.64 bits per heavy atom. The smallest absolute Gasteiger partial charge is 0.224 e. The zero-order chi connectivity index (χ0) is 10.6. The topological polar surface area (TPSA) is 49.8 Å². The number of hydrogen-bond acceptors (Lipinski definition) is 3. The summed E-state index contributed by atoms with van der Waals surface area (Å²) in [7, 11) is 1.58. The van der Waals surface area contributed by atoms with E-state index in [-0.39, 0.29) is 5.91 Å². The van der Waals surface area contributed by atoms with Crippen LogP contribution in [0.15, 0.2) is 0 Å². The van der Waals surface area contributed by atoms with Gasteiger partial charge in [0.25, 0.3) is 0 Å². The molecule has 1 heterocycles. The summed E-state index contributed by atoms with van der Waals surface area (Å²) in [6, 6.07) is 0. The van der Waals surface area contributed by atoms with Gasteiger partial charge in [-0.1, -0.05) is 0 Å². The van der Waals surface area contributed by atoms with Crippen LogP contribution >= 0.6 is 0 Å². The molecule has 0 aromatic rings. The molecule has 1 aliphatic rings. The minimum absolute atomic E-state index is 0.0758. The van der Waals surface area contributed by atoms with Crippen LogP contribution in [-0.2, 0) is 9.53 Å². The summed E-state index contributed by atoms with van der Waals surface area (Å²) in [5, 5.41) is 9.79. The first-order valence-corrected chi connectivity index (χ1v) is 5.04. The average Bonchev–Trinajstić information content (AvgIpc) is 2.12. The summed E-state index contributed by atoms with van der Waals surface area (Å²) < 4.78 is 4.85. The van der Waals surface area contributed by atoms with Crippen LogP contribution in [0.2, 0.25) is 0 Å². The highest BCUT2D eigenvalue weighted by molar-refractivity contribution is 5.76. The molecule has 1 saturated heterocycles. The number of amides is 1. The largest absolute Gasteiger partial charge is 0.388 e. The molecule has 0 spiro atoms. The first-order valence-electron chi connectivity index (χ1n) is 5.04. The Morgan fingerprint density at radius 2 is 2.36 bits per heavy atom. The molecule has 1 amide bonds. The van der Waals surface area contributed by atoms with Crippen molar-refractivity contribution in [3.63, 3.8) is 0 Å². The number of rotatable bonds is 3. The quantitative estimate of drug-likeness (QED) is 0.719. The molecule has 0 radical (unpaired) electrons. The second-order valence-electron chi connectivity index (χ2n) is 4.16. The van der Waals surface area contributed by atoms with Gasteiger partial charge in [-0.05, 0) is 19.8 Å². The van der Waals surface area contributed by atoms with Gasteiger partial charge in [0.05, 0.1) is 18.6 Å². The van der Waals surface area contributed by atoms with Gasteiger partial charge in [0.15, 0.2) is 0 Å². The first kappa shape index (κ1) is 11.5. The van der Waals surface area contributed by atoms with Gasteiger partial charge >= 0.3 is 0 Å². The fourth-order valence-corrected chi connectivity index (χ4v) is 1.78. The van der Waals surface area contributed by atoms with Crippen LogP contribution < -0.4 is 0 Å². The zero-order valence-electron chi connectivity index (χ0n) is 8.95. The van der Waals surface area contributed by atoms with E-state index in [1.165, 1.54) is 0 Å². The molecule has 1 atom stereocenters. The third-order valence-corrected chi connectivity index (χ3v) is 2.55. The number of carbonyl (C=O) groups excluding carboxylic acids is 1. The van der Waals surface area contributed by atoms with E-state index in [9.17, 15) is 9.90 Å². The number of nitrogens with zero attached hydrogens (tertiary/aromatic N) is 1. The van der Waals surface area contributed by atoms with E-state index >= 15 is 0 Å². The number of ether oxygens (including phenoxy) is 1. The molecule has 0 saturated carbocycles. The van der Waals surface area contributed by atoms with Gasteiger partial charge in [-0.2, -0.15) is 0 Å². The maximum absolute atomic E-state index is 11.6. The van der Waals surface area contributed by atoms with Gasteiger partial charge in [-0.15, -0.1) is 0 Å². The van der Waals surface area contributed by atoms with Crippen LogP contribution in [0.3, 0.4) is 0 Å². The monoisotopic (exact) mass is 201 g/mol. The van der Waals surface area contributed by atoms with Gasteiger partial charge in [0.1, 0.15) is 0 Å². The van der Waals surface area contributed by atoms with Crippen molar-refractivity contribution >= 4 is 5.91 Å². The minimum Gasteiger partial charge on any atom is -0.388 e. The number of aliphatic hydroxyl groups is 1. The molecule has 1 fully saturated rings. The second kappa shape index (κ2) is 4.75. The molecule has 1 aliphatic heterocycles. The van der Waals surface area contributed by atoms with Crippen LogP contribution in [0.25, 0.3) is 0 Å². The Labute approximate surface area is 84.8 Å². The fourth-order valence-electron chi connectivity index (χ4n) is 1.78. The molecular weight excluding hydrogens is 182 g/mol. The Hall–Kier alpha value is -0.610. The maximum atomic E-state index is 11.6. The third kappa shape index (κ3) is 3.27. The normalized spacial score (nSPS) is 27.8. The van der Waals surface area contributed by atoms with Gasteiger partial charge in [0, 0.05) is 20.2 Å². The van der Waals surface area contributed by atoms with Crippen molar-refractivity contribution in [3.8, 4) is 0 Å². The average molecular weight is 201 g/mol. The van der Waals surface area contributed by atoms with Gasteiger partial charge in [-0.3, -0.25) is 4.79 Å². The maximum Gasteiger partial charge on any atom is 0.224 e. The van der Waals surface area contributed by atoms with E-state index < -0.39 is 5.60 Å². The van der Waals surface area contributed by atoms with Crippen LogP contribution in [0.5, 0.6) is 0 Å². The predicted molar refractivity (Wildman–Crippen MR) is 52.9 cm³/mol. The summed E-state index contributed by atoms with van der Waals surface area (Å²) in [5.74, 6) is 0.0758. The van der Waals surface area contributed by atoms with Crippen molar-refractivity contribution in [1.29, 1.82) is 0 Å². The summed E-state index contributed by atoms with van der Waals surface area (Å²) >= 11 is 0. The second-order valence-corrected chi connectivity index (χ2v) is 4.16. The van der Waals surface area contributed by atoms with E-state index in [2.05, 4.69) is 0 Å². The molecular formula is C10H19NO3. The molecule has 1 N–H and O–H groups in total.